The third-order valence-electron chi connectivity index (χ3n) is 1.40. The molecule has 0 aliphatic carbocycles. The monoisotopic (exact) mass is 151 g/mol. The lowest BCUT2D eigenvalue weighted by atomic mass is 10.2. The largest absolute Gasteiger partial charge is 0.392 e. The normalized spacial score (nSPS) is 9.18. The van der Waals surface area contributed by atoms with Crippen LogP contribution in [-0.4, -0.2) is 11.5 Å². The number of hydrogen-bond donors (Lipinski definition) is 2. The summed E-state index contributed by atoms with van der Waals surface area (Å²) in [6.07, 6.45) is 0.592. The Morgan fingerprint density at radius 3 is 2.82 bits per heavy atom. The van der Waals surface area contributed by atoms with E-state index >= 15 is 0 Å². The topological polar surface area (TPSA) is 49.3 Å². The van der Waals surface area contributed by atoms with Crippen molar-refractivity contribution >= 4 is 12.1 Å². The average molecular weight is 151 g/mol. The Morgan fingerprint density at radius 2 is 2.18 bits per heavy atom. The summed E-state index contributed by atoms with van der Waals surface area (Å²) in [6.45, 7) is -0.0585. The van der Waals surface area contributed by atoms with Gasteiger partial charge in [0.2, 0.25) is 6.41 Å². The van der Waals surface area contributed by atoms with E-state index in [2.05, 4.69) is 5.32 Å². The van der Waals surface area contributed by atoms with Crippen LogP contribution in [-0.2, 0) is 11.4 Å². The number of hydrogen-bond acceptors (Lipinski definition) is 2. The van der Waals surface area contributed by atoms with Gasteiger partial charge in [0, 0.05) is 11.3 Å². The molecule has 0 radical (unpaired) electrons. The minimum Gasteiger partial charge on any atom is -0.392 e. The Balaban J connectivity index is 2.92. The fourth-order valence-corrected chi connectivity index (χ4v) is 0.862. The molecule has 0 spiro atoms. The summed E-state index contributed by atoms with van der Waals surface area (Å²) in [7, 11) is 0. The summed E-state index contributed by atoms with van der Waals surface area (Å²) in [5.74, 6) is 0. The molecule has 58 valence electrons. The van der Waals surface area contributed by atoms with Crippen molar-refractivity contribution in [3.8, 4) is 0 Å². The van der Waals surface area contributed by atoms with Gasteiger partial charge in [-0.05, 0) is 6.07 Å². The molecule has 0 fully saturated rings. The van der Waals surface area contributed by atoms with Gasteiger partial charge in [0.15, 0.2) is 0 Å². The molecule has 0 bridgehead atoms. The first-order valence-electron chi connectivity index (χ1n) is 3.27. The standard InChI is InChI=1S/C8H9NO2/c10-5-7-3-1-2-4-8(7)9-6-11/h1-4,6,10H,5H2,(H,9,11). The molecule has 0 aliphatic rings. The van der Waals surface area contributed by atoms with Crippen molar-refractivity contribution < 1.29 is 9.90 Å². The van der Waals surface area contributed by atoms with E-state index in [0.29, 0.717) is 12.1 Å². The molecule has 0 saturated carbocycles. The summed E-state index contributed by atoms with van der Waals surface area (Å²) in [5, 5.41) is 11.3. The highest BCUT2D eigenvalue weighted by atomic mass is 16.3. The fourth-order valence-electron chi connectivity index (χ4n) is 0.862. The van der Waals surface area contributed by atoms with Crippen molar-refractivity contribution in [2.45, 2.75) is 6.61 Å². The Labute approximate surface area is 64.7 Å². The van der Waals surface area contributed by atoms with Crippen LogP contribution in [0.25, 0.3) is 0 Å². The van der Waals surface area contributed by atoms with Gasteiger partial charge in [-0.15, -0.1) is 0 Å². The van der Waals surface area contributed by atoms with Crippen LogP contribution in [0.4, 0.5) is 5.69 Å². The average Bonchev–Trinajstić information content (AvgIpc) is 2.06. The van der Waals surface area contributed by atoms with Gasteiger partial charge in [0.25, 0.3) is 0 Å². The number of benzene rings is 1. The maximum absolute atomic E-state index is 10.0. The van der Waals surface area contributed by atoms with Crippen LogP contribution < -0.4 is 5.32 Å². The molecule has 3 nitrogen and oxygen atoms in total. The number of amides is 1. The third kappa shape index (κ3) is 1.78. The number of rotatable bonds is 3. The molecule has 0 aromatic heterocycles. The first-order chi connectivity index (χ1) is 5.38. The number of carbonyl (C=O) groups excluding carboxylic acids is 1. The van der Waals surface area contributed by atoms with E-state index in [1.54, 1.807) is 18.2 Å². The predicted octanol–water partition coefficient (Wildman–Crippen LogP) is 0.747. The van der Waals surface area contributed by atoms with Crippen LogP contribution in [0.15, 0.2) is 24.3 Å². The van der Waals surface area contributed by atoms with Gasteiger partial charge in [0.1, 0.15) is 0 Å². The van der Waals surface area contributed by atoms with Gasteiger partial charge in [-0.3, -0.25) is 4.79 Å². The van der Waals surface area contributed by atoms with Crippen LogP contribution in [0.5, 0.6) is 0 Å². The summed E-state index contributed by atoms with van der Waals surface area (Å²) in [5.41, 5.74) is 1.38. The van der Waals surface area contributed by atoms with Crippen LogP contribution in [0, 0.1) is 0 Å². The van der Waals surface area contributed by atoms with E-state index in [-0.39, 0.29) is 6.61 Å². The first kappa shape index (κ1) is 7.75. The fraction of sp³-hybridized carbons (Fsp3) is 0.125. The molecule has 3 heteroatoms. The summed E-state index contributed by atoms with van der Waals surface area (Å²) >= 11 is 0. The maximum Gasteiger partial charge on any atom is 0.211 e. The zero-order valence-electron chi connectivity index (χ0n) is 5.95. The summed E-state index contributed by atoms with van der Waals surface area (Å²) in [6, 6.07) is 7.10. The van der Waals surface area contributed by atoms with E-state index in [0.717, 1.165) is 5.56 Å². The first-order valence-corrected chi connectivity index (χ1v) is 3.27. The van der Waals surface area contributed by atoms with Gasteiger partial charge < -0.3 is 10.4 Å². The zero-order chi connectivity index (χ0) is 8.10. The van der Waals surface area contributed by atoms with Crippen molar-refractivity contribution in [2.75, 3.05) is 5.32 Å². The molecule has 2 N–H and O–H groups in total. The lowest BCUT2D eigenvalue weighted by Crippen LogP contribution is -1.97. The van der Waals surface area contributed by atoms with Crippen molar-refractivity contribution in [3.05, 3.63) is 29.8 Å². The van der Waals surface area contributed by atoms with Gasteiger partial charge in [-0.1, -0.05) is 18.2 Å². The highest BCUT2D eigenvalue weighted by molar-refractivity contribution is 5.73. The maximum atomic E-state index is 10.0. The van der Waals surface area contributed by atoms with Crippen molar-refractivity contribution in [2.24, 2.45) is 0 Å². The number of carbonyl (C=O) groups is 1. The van der Waals surface area contributed by atoms with Gasteiger partial charge in [-0.2, -0.15) is 0 Å². The molecule has 11 heavy (non-hydrogen) atoms. The van der Waals surface area contributed by atoms with E-state index < -0.39 is 0 Å². The van der Waals surface area contributed by atoms with E-state index in [1.807, 2.05) is 6.07 Å². The number of aliphatic hydroxyl groups excluding tert-OH is 1. The predicted molar refractivity (Wildman–Crippen MR) is 42.1 cm³/mol. The Morgan fingerprint density at radius 1 is 1.45 bits per heavy atom. The van der Waals surface area contributed by atoms with Gasteiger partial charge >= 0.3 is 0 Å². The van der Waals surface area contributed by atoms with Crippen LogP contribution >= 0.6 is 0 Å². The highest BCUT2D eigenvalue weighted by Gasteiger charge is 1.96. The Hall–Kier alpha value is -1.35. The Kier molecular flexibility index (Phi) is 2.63. The number of aliphatic hydroxyl groups is 1. The number of anilines is 1. The smallest absolute Gasteiger partial charge is 0.211 e. The van der Waals surface area contributed by atoms with E-state index in [9.17, 15) is 4.79 Å². The Bertz CT molecular complexity index is 248. The van der Waals surface area contributed by atoms with Crippen LogP contribution in [0.1, 0.15) is 5.56 Å². The lowest BCUT2D eigenvalue weighted by Gasteiger charge is -2.03. The zero-order valence-corrected chi connectivity index (χ0v) is 5.95. The van der Waals surface area contributed by atoms with Crippen molar-refractivity contribution in [1.29, 1.82) is 0 Å². The van der Waals surface area contributed by atoms with Crippen LogP contribution in [0.3, 0.4) is 0 Å². The second-order valence-electron chi connectivity index (χ2n) is 2.08. The van der Waals surface area contributed by atoms with E-state index in [4.69, 9.17) is 5.11 Å². The minimum absolute atomic E-state index is 0.0585. The van der Waals surface area contributed by atoms with Gasteiger partial charge in [-0.25, -0.2) is 0 Å². The molecule has 0 heterocycles. The molecule has 0 unspecified atom stereocenters. The summed E-state index contributed by atoms with van der Waals surface area (Å²) in [4.78, 5) is 10.0. The second kappa shape index (κ2) is 3.73. The molecule has 0 aliphatic heterocycles. The lowest BCUT2D eigenvalue weighted by molar-refractivity contribution is -0.105. The molecular weight excluding hydrogens is 142 g/mol. The quantitative estimate of drug-likeness (QED) is 0.626. The number of para-hydroxylation sites is 1. The number of nitrogens with one attached hydrogen (secondary N) is 1. The third-order valence-corrected chi connectivity index (χ3v) is 1.40. The minimum atomic E-state index is -0.0585. The molecule has 0 atom stereocenters. The van der Waals surface area contributed by atoms with Crippen LogP contribution in [0.2, 0.25) is 0 Å². The molecule has 1 aromatic rings. The van der Waals surface area contributed by atoms with Crippen molar-refractivity contribution in [3.63, 3.8) is 0 Å². The molecular formula is C8H9NO2. The second-order valence-corrected chi connectivity index (χ2v) is 2.08. The van der Waals surface area contributed by atoms with Crippen molar-refractivity contribution in [1.82, 2.24) is 0 Å². The van der Waals surface area contributed by atoms with Gasteiger partial charge in [0.05, 0.1) is 6.61 Å². The molecule has 1 aromatic carbocycles. The highest BCUT2D eigenvalue weighted by Crippen LogP contribution is 2.12. The SMILES string of the molecule is O=CNc1ccccc1CO. The van der Waals surface area contributed by atoms with E-state index in [1.165, 1.54) is 0 Å². The molecule has 0 saturated heterocycles. The molecule has 1 rings (SSSR count). The summed E-state index contributed by atoms with van der Waals surface area (Å²) < 4.78 is 0. The molecule has 1 amide bonds.